The van der Waals surface area contributed by atoms with Crippen molar-refractivity contribution in [1.82, 2.24) is 0 Å². The predicted molar refractivity (Wildman–Crippen MR) is 75.9 cm³/mol. The van der Waals surface area contributed by atoms with Crippen molar-refractivity contribution in [3.8, 4) is 5.75 Å². The molecule has 0 aliphatic rings. The summed E-state index contributed by atoms with van der Waals surface area (Å²) in [5.74, 6) is -0.0273. The van der Waals surface area contributed by atoms with Gasteiger partial charge < -0.3 is 9.94 Å². The maximum Gasteiger partial charge on any atom is 0.131 e. The van der Waals surface area contributed by atoms with Crippen LogP contribution >= 0.6 is 0 Å². The lowest BCUT2D eigenvalue weighted by molar-refractivity contribution is 0.302. The van der Waals surface area contributed by atoms with Gasteiger partial charge in [0.05, 0.1) is 5.71 Å². The highest BCUT2D eigenvalue weighted by Gasteiger charge is 2.09. The molecule has 0 spiro atoms. The van der Waals surface area contributed by atoms with E-state index in [4.69, 9.17) is 9.94 Å². The Kier molecular flexibility index (Phi) is 4.35. The van der Waals surface area contributed by atoms with E-state index in [2.05, 4.69) is 5.16 Å². The highest BCUT2D eigenvalue weighted by atomic mass is 19.1. The lowest BCUT2D eigenvalue weighted by atomic mass is 10.1. The van der Waals surface area contributed by atoms with Crippen LogP contribution in [0.2, 0.25) is 0 Å². The third-order valence-electron chi connectivity index (χ3n) is 2.96. The number of halogens is 1. The molecule has 104 valence electrons. The molecule has 0 aromatic heterocycles. The number of aryl methyl sites for hydroxylation is 1. The van der Waals surface area contributed by atoms with Crippen LogP contribution in [-0.4, -0.2) is 10.9 Å². The minimum absolute atomic E-state index is 0.330. The van der Waals surface area contributed by atoms with E-state index < -0.39 is 5.82 Å². The van der Waals surface area contributed by atoms with Crippen LogP contribution in [0.1, 0.15) is 23.6 Å². The number of benzene rings is 2. The fraction of sp³-hybridized carbons (Fsp3) is 0.188. The summed E-state index contributed by atoms with van der Waals surface area (Å²) in [6.45, 7) is 3.96. The molecule has 0 fully saturated rings. The molecule has 3 nitrogen and oxygen atoms in total. The second-order valence-corrected chi connectivity index (χ2v) is 4.60. The summed E-state index contributed by atoms with van der Waals surface area (Å²) in [5.41, 5.74) is 3.09. The van der Waals surface area contributed by atoms with Gasteiger partial charge in [0.1, 0.15) is 18.2 Å². The fourth-order valence-corrected chi connectivity index (χ4v) is 1.93. The predicted octanol–water partition coefficient (Wildman–Crippen LogP) is 3.91. The molecule has 2 rings (SSSR count). The number of oxime groups is 1. The molecule has 0 saturated carbocycles. The van der Waals surface area contributed by atoms with Crippen molar-refractivity contribution >= 4 is 5.71 Å². The molecular weight excluding hydrogens is 257 g/mol. The van der Waals surface area contributed by atoms with E-state index >= 15 is 0 Å². The lowest BCUT2D eigenvalue weighted by Gasteiger charge is -2.11. The van der Waals surface area contributed by atoms with Crippen LogP contribution < -0.4 is 4.74 Å². The average molecular weight is 273 g/mol. The SMILES string of the molecule is CC(=NO)c1ccc(F)cc1OCc1cccc(C)c1. The van der Waals surface area contributed by atoms with Gasteiger partial charge in [0.25, 0.3) is 0 Å². The Morgan fingerprint density at radius 2 is 2.05 bits per heavy atom. The largest absolute Gasteiger partial charge is 0.488 e. The van der Waals surface area contributed by atoms with Crippen LogP contribution in [0.15, 0.2) is 47.6 Å². The first-order valence-corrected chi connectivity index (χ1v) is 6.27. The van der Waals surface area contributed by atoms with Gasteiger partial charge in [-0.2, -0.15) is 0 Å². The van der Waals surface area contributed by atoms with Crippen molar-refractivity contribution in [2.75, 3.05) is 0 Å². The molecular formula is C16H16FNO2. The molecule has 0 heterocycles. The highest BCUT2D eigenvalue weighted by molar-refractivity contribution is 6.00. The fourth-order valence-electron chi connectivity index (χ4n) is 1.93. The van der Waals surface area contributed by atoms with E-state index in [1.165, 1.54) is 18.2 Å². The van der Waals surface area contributed by atoms with Crippen molar-refractivity contribution in [3.05, 3.63) is 65.0 Å². The molecule has 4 heteroatoms. The van der Waals surface area contributed by atoms with E-state index in [1.807, 2.05) is 31.2 Å². The molecule has 0 unspecified atom stereocenters. The zero-order valence-electron chi connectivity index (χ0n) is 11.4. The minimum atomic E-state index is -0.390. The van der Waals surface area contributed by atoms with E-state index in [0.717, 1.165) is 11.1 Å². The highest BCUT2D eigenvalue weighted by Crippen LogP contribution is 2.22. The molecule has 0 radical (unpaired) electrons. The summed E-state index contributed by atoms with van der Waals surface area (Å²) < 4.78 is 19.0. The topological polar surface area (TPSA) is 41.8 Å². The Hall–Kier alpha value is -2.36. The van der Waals surface area contributed by atoms with Gasteiger partial charge >= 0.3 is 0 Å². The van der Waals surface area contributed by atoms with Crippen LogP contribution in [0.25, 0.3) is 0 Å². The smallest absolute Gasteiger partial charge is 0.131 e. The van der Waals surface area contributed by atoms with Crippen LogP contribution in [0.3, 0.4) is 0 Å². The standard InChI is InChI=1S/C16H16FNO2/c1-11-4-3-5-13(8-11)10-20-16-9-14(17)6-7-15(16)12(2)18-19/h3-9,19H,10H2,1-2H3. The third kappa shape index (κ3) is 3.35. The molecule has 0 amide bonds. The summed E-state index contributed by atoms with van der Waals surface area (Å²) in [5, 5.41) is 12.0. The summed E-state index contributed by atoms with van der Waals surface area (Å²) >= 11 is 0. The van der Waals surface area contributed by atoms with Gasteiger partial charge in [0.2, 0.25) is 0 Å². The molecule has 0 saturated heterocycles. The van der Waals surface area contributed by atoms with Gasteiger partial charge in [-0.1, -0.05) is 35.0 Å². The van der Waals surface area contributed by atoms with Gasteiger partial charge in [0, 0.05) is 11.6 Å². The Morgan fingerprint density at radius 1 is 1.25 bits per heavy atom. The van der Waals surface area contributed by atoms with Crippen LogP contribution in [-0.2, 0) is 6.61 Å². The zero-order chi connectivity index (χ0) is 14.5. The van der Waals surface area contributed by atoms with E-state index in [-0.39, 0.29) is 0 Å². The van der Waals surface area contributed by atoms with Crippen molar-refractivity contribution in [1.29, 1.82) is 0 Å². The Bertz CT molecular complexity index is 638. The molecule has 2 aromatic carbocycles. The summed E-state index contributed by atoms with van der Waals surface area (Å²) in [6.07, 6.45) is 0. The number of hydrogen-bond donors (Lipinski definition) is 1. The van der Waals surface area contributed by atoms with Gasteiger partial charge in [-0.05, 0) is 31.5 Å². The van der Waals surface area contributed by atoms with Crippen LogP contribution in [0.4, 0.5) is 4.39 Å². The van der Waals surface area contributed by atoms with Crippen molar-refractivity contribution in [3.63, 3.8) is 0 Å². The molecule has 0 atom stereocenters. The molecule has 1 N–H and O–H groups in total. The molecule has 20 heavy (non-hydrogen) atoms. The summed E-state index contributed by atoms with van der Waals surface area (Å²) in [7, 11) is 0. The van der Waals surface area contributed by atoms with Crippen LogP contribution in [0, 0.1) is 12.7 Å². The first-order chi connectivity index (χ1) is 9.60. The van der Waals surface area contributed by atoms with Crippen molar-refractivity contribution in [2.24, 2.45) is 5.16 Å². The minimum Gasteiger partial charge on any atom is -0.488 e. The van der Waals surface area contributed by atoms with Crippen molar-refractivity contribution in [2.45, 2.75) is 20.5 Å². The number of ether oxygens (including phenoxy) is 1. The maximum atomic E-state index is 13.3. The molecule has 0 aliphatic carbocycles. The van der Waals surface area contributed by atoms with E-state index in [1.54, 1.807) is 6.92 Å². The number of rotatable bonds is 4. The normalized spacial score (nSPS) is 11.4. The monoisotopic (exact) mass is 273 g/mol. The molecule has 0 aliphatic heterocycles. The van der Waals surface area contributed by atoms with Gasteiger partial charge in [-0.25, -0.2) is 4.39 Å². The Labute approximate surface area is 117 Å². The maximum absolute atomic E-state index is 13.3. The summed E-state index contributed by atoms with van der Waals surface area (Å²) in [4.78, 5) is 0. The van der Waals surface area contributed by atoms with Crippen LogP contribution in [0.5, 0.6) is 5.75 Å². The number of hydrogen-bond acceptors (Lipinski definition) is 3. The van der Waals surface area contributed by atoms with Gasteiger partial charge in [0.15, 0.2) is 0 Å². The second kappa shape index (κ2) is 6.19. The molecule has 0 bridgehead atoms. The van der Waals surface area contributed by atoms with Gasteiger partial charge in [-0.15, -0.1) is 0 Å². The quantitative estimate of drug-likeness (QED) is 0.521. The average Bonchev–Trinajstić information content (AvgIpc) is 2.44. The number of nitrogens with zero attached hydrogens (tertiary/aromatic N) is 1. The molecule has 2 aromatic rings. The van der Waals surface area contributed by atoms with Crippen molar-refractivity contribution < 1.29 is 14.3 Å². The second-order valence-electron chi connectivity index (χ2n) is 4.60. The Balaban J connectivity index is 2.22. The van der Waals surface area contributed by atoms with E-state index in [0.29, 0.717) is 23.6 Å². The van der Waals surface area contributed by atoms with E-state index in [9.17, 15) is 4.39 Å². The van der Waals surface area contributed by atoms with Gasteiger partial charge in [-0.3, -0.25) is 0 Å². The lowest BCUT2D eigenvalue weighted by Crippen LogP contribution is -2.03. The summed E-state index contributed by atoms with van der Waals surface area (Å²) in [6, 6.07) is 12.0. The first-order valence-electron chi connectivity index (χ1n) is 6.27. The first kappa shape index (κ1) is 14.1. The third-order valence-corrected chi connectivity index (χ3v) is 2.96. The Morgan fingerprint density at radius 3 is 2.75 bits per heavy atom. The zero-order valence-corrected chi connectivity index (χ0v) is 11.4.